The summed E-state index contributed by atoms with van der Waals surface area (Å²) in [7, 11) is -3.72. The number of nitrogens with zero attached hydrogens (tertiary/aromatic N) is 1. The highest BCUT2D eigenvalue weighted by Gasteiger charge is 2.30. The fourth-order valence-electron chi connectivity index (χ4n) is 4.13. The van der Waals surface area contributed by atoms with E-state index in [1.807, 2.05) is 11.4 Å². The fourth-order valence-corrected chi connectivity index (χ4v) is 7.59. The van der Waals surface area contributed by atoms with E-state index in [2.05, 4.69) is 5.32 Å². The number of halogens is 1. The SMILES string of the molecule is O=C(NC1CCSc2ccc(F)cc21)c1cccc(S(=O)(=O)N2CCc3sccc3C2)c1. The molecule has 32 heavy (non-hydrogen) atoms. The maximum absolute atomic E-state index is 13.8. The van der Waals surface area contributed by atoms with Gasteiger partial charge in [-0.25, -0.2) is 12.8 Å². The number of amides is 1. The minimum absolute atomic E-state index is 0.106. The van der Waals surface area contributed by atoms with E-state index in [9.17, 15) is 17.6 Å². The van der Waals surface area contributed by atoms with Gasteiger partial charge in [-0.1, -0.05) is 6.07 Å². The average Bonchev–Trinajstić information content (AvgIpc) is 3.27. The first-order valence-electron chi connectivity index (χ1n) is 10.3. The topological polar surface area (TPSA) is 66.5 Å². The number of thiophene rings is 1. The molecule has 1 aromatic heterocycles. The van der Waals surface area contributed by atoms with Crippen LogP contribution in [0.15, 0.2) is 63.7 Å². The Morgan fingerprint density at radius 2 is 2.03 bits per heavy atom. The maximum Gasteiger partial charge on any atom is 0.251 e. The van der Waals surface area contributed by atoms with Crippen molar-refractivity contribution in [2.45, 2.75) is 35.2 Å². The quantitative estimate of drug-likeness (QED) is 0.583. The van der Waals surface area contributed by atoms with Gasteiger partial charge in [0.1, 0.15) is 5.82 Å². The molecule has 0 spiro atoms. The first-order valence-corrected chi connectivity index (χ1v) is 13.6. The zero-order chi connectivity index (χ0) is 22.3. The van der Waals surface area contributed by atoms with Gasteiger partial charge < -0.3 is 5.32 Å². The number of thioether (sulfide) groups is 1. The number of fused-ring (bicyclic) bond motifs is 2. The van der Waals surface area contributed by atoms with Crippen LogP contribution in [0.25, 0.3) is 0 Å². The summed E-state index contributed by atoms with van der Waals surface area (Å²) in [6.07, 6.45) is 1.38. The number of benzene rings is 2. The van der Waals surface area contributed by atoms with Gasteiger partial charge in [0.05, 0.1) is 10.9 Å². The lowest BCUT2D eigenvalue weighted by Crippen LogP contribution is -2.35. The van der Waals surface area contributed by atoms with Crippen molar-refractivity contribution in [3.63, 3.8) is 0 Å². The molecule has 0 aliphatic carbocycles. The molecule has 1 atom stereocenters. The lowest BCUT2D eigenvalue weighted by Gasteiger charge is -2.27. The molecule has 1 amide bonds. The fraction of sp³-hybridized carbons (Fsp3) is 0.261. The van der Waals surface area contributed by atoms with E-state index in [1.54, 1.807) is 41.3 Å². The molecule has 1 unspecified atom stereocenters. The van der Waals surface area contributed by atoms with Gasteiger partial charge in [-0.3, -0.25) is 4.79 Å². The molecule has 2 aliphatic heterocycles. The summed E-state index contributed by atoms with van der Waals surface area (Å²) in [5.41, 5.74) is 2.08. The minimum atomic E-state index is -3.72. The maximum atomic E-state index is 13.8. The highest BCUT2D eigenvalue weighted by molar-refractivity contribution is 7.99. The predicted octanol–water partition coefficient (Wildman–Crippen LogP) is 4.60. The second-order valence-electron chi connectivity index (χ2n) is 7.83. The normalized spacial score (nSPS) is 18.6. The Morgan fingerprint density at radius 1 is 1.16 bits per heavy atom. The molecule has 0 bridgehead atoms. The van der Waals surface area contributed by atoms with E-state index in [1.165, 1.54) is 33.4 Å². The summed E-state index contributed by atoms with van der Waals surface area (Å²) < 4.78 is 41.7. The summed E-state index contributed by atoms with van der Waals surface area (Å²) in [4.78, 5) is 15.3. The van der Waals surface area contributed by atoms with Crippen LogP contribution in [0.5, 0.6) is 0 Å². The zero-order valence-electron chi connectivity index (χ0n) is 17.1. The van der Waals surface area contributed by atoms with Crippen molar-refractivity contribution in [2.75, 3.05) is 12.3 Å². The van der Waals surface area contributed by atoms with Crippen molar-refractivity contribution in [3.05, 3.63) is 81.3 Å². The highest BCUT2D eigenvalue weighted by atomic mass is 32.2. The van der Waals surface area contributed by atoms with Gasteiger partial charge in [-0.2, -0.15) is 4.31 Å². The first kappa shape index (κ1) is 21.6. The van der Waals surface area contributed by atoms with E-state index < -0.39 is 10.0 Å². The molecule has 3 heterocycles. The van der Waals surface area contributed by atoms with Crippen molar-refractivity contribution < 1.29 is 17.6 Å². The standard InChI is InChI=1S/C23H21FN2O3S3/c24-17-4-5-22-19(13-17)20(8-11-31-22)25-23(27)15-2-1-3-18(12-15)32(28,29)26-9-6-21-16(14-26)7-10-30-21/h1-5,7,10,12-13,20H,6,8-9,11,14H2,(H,25,27). The predicted molar refractivity (Wildman–Crippen MR) is 124 cm³/mol. The Hall–Kier alpha value is -2.20. The minimum Gasteiger partial charge on any atom is -0.345 e. The third-order valence-electron chi connectivity index (χ3n) is 5.82. The first-order chi connectivity index (χ1) is 15.4. The van der Waals surface area contributed by atoms with E-state index >= 15 is 0 Å². The zero-order valence-corrected chi connectivity index (χ0v) is 19.5. The van der Waals surface area contributed by atoms with E-state index in [4.69, 9.17) is 0 Å². The van der Waals surface area contributed by atoms with E-state index in [0.717, 1.165) is 21.8 Å². The number of nitrogens with one attached hydrogen (secondary N) is 1. The van der Waals surface area contributed by atoms with Gasteiger partial charge in [-0.05, 0) is 71.8 Å². The summed E-state index contributed by atoms with van der Waals surface area (Å²) in [5, 5.41) is 4.95. The van der Waals surface area contributed by atoms with Crippen LogP contribution in [-0.2, 0) is 23.0 Å². The van der Waals surface area contributed by atoms with Crippen LogP contribution in [0.2, 0.25) is 0 Å². The molecule has 1 N–H and O–H groups in total. The third-order valence-corrected chi connectivity index (χ3v) is 9.81. The van der Waals surface area contributed by atoms with Crippen LogP contribution in [-0.4, -0.2) is 30.9 Å². The molecule has 166 valence electrons. The molecular weight excluding hydrogens is 467 g/mol. The van der Waals surface area contributed by atoms with Crippen LogP contribution in [0.1, 0.15) is 38.8 Å². The molecule has 5 nitrogen and oxygen atoms in total. The van der Waals surface area contributed by atoms with Gasteiger partial charge in [0.2, 0.25) is 10.0 Å². The van der Waals surface area contributed by atoms with Gasteiger partial charge >= 0.3 is 0 Å². The van der Waals surface area contributed by atoms with Crippen molar-refractivity contribution in [3.8, 4) is 0 Å². The number of hydrogen-bond donors (Lipinski definition) is 1. The summed E-state index contributed by atoms with van der Waals surface area (Å²) in [5.74, 6) is 0.110. The van der Waals surface area contributed by atoms with Gasteiger partial charge in [0.25, 0.3) is 5.91 Å². The third kappa shape index (κ3) is 4.10. The average molecular weight is 489 g/mol. The molecule has 2 aromatic carbocycles. The van der Waals surface area contributed by atoms with Crippen molar-refractivity contribution in [1.29, 1.82) is 0 Å². The van der Waals surface area contributed by atoms with Crippen molar-refractivity contribution in [2.24, 2.45) is 0 Å². The number of sulfonamides is 1. The molecule has 5 rings (SSSR count). The number of carbonyl (C=O) groups excluding carboxylic acids is 1. The van der Waals surface area contributed by atoms with Crippen molar-refractivity contribution in [1.82, 2.24) is 9.62 Å². The number of rotatable bonds is 4. The molecular formula is C23H21FN2O3S3. The monoisotopic (exact) mass is 488 g/mol. The molecule has 0 fully saturated rings. The Labute approximate surface area is 194 Å². The Bertz CT molecular complexity index is 1290. The highest BCUT2D eigenvalue weighted by Crippen LogP contribution is 2.36. The van der Waals surface area contributed by atoms with Crippen molar-refractivity contribution >= 4 is 39.0 Å². The summed E-state index contributed by atoms with van der Waals surface area (Å²) in [6, 6.07) is 12.4. The van der Waals surface area contributed by atoms with Crippen LogP contribution in [0.3, 0.4) is 0 Å². The molecule has 3 aromatic rings. The van der Waals surface area contributed by atoms with E-state index in [-0.39, 0.29) is 28.2 Å². The van der Waals surface area contributed by atoms with Gasteiger partial charge in [0.15, 0.2) is 0 Å². The van der Waals surface area contributed by atoms with Crippen LogP contribution in [0.4, 0.5) is 4.39 Å². The second kappa shape index (κ2) is 8.62. The molecule has 0 radical (unpaired) electrons. The van der Waals surface area contributed by atoms with Gasteiger partial charge in [-0.15, -0.1) is 23.1 Å². The Kier molecular flexibility index (Phi) is 5.83. The Morgan fingerprint density at radius 3 is 2.91 bits per heavy atom. The smallest absolute Gasteiger partial charge is 0.251 e. The Balaban J connectivity index is 1.37. The summed E-state index contributed by atoms with van der Waals surface area (Å²) in [6.45, 7) is 0.772. The molecule has 0 saturated heterocycles. The second-order valence-corrected chi connectivity index (χ2v) is 11.9. The molecule has 9 heteroatoms. The van der Waals surface area contributed by atoms with Crippen LogP contribution in [0, 0.1) is 5.82 Å². The van der Waals surface area contributed by atoms with Crippen LogP contribution < -0.4 is 5.32 Å². The molecule has 0 saturated carbocycles. The number of carbonyl (C=O) groups is 1. The lowest BCUT2D eigenvalue weighted by atomic mass is 10.0. The van der Waals surface area contributed by atoms with Crippen LogP contribution >= 0.6 is 23.1 Å². The molecule has 2 aliphatic rings. The van der Waals surface area contributed by atoms with Gasteiger partial charge in [0, 0.05) is 34.2 Å². The lowest BCUT2D eigenvalue weighted by molar-refractivity contribution is 0.0934. The summed E-state index contributed by atoms with van der Waals surface area (Å²) >= 11 is 3.29. The largest absolute Gasteiger partial charge is 0.345 e. The van der Waals surface area contributed by atoms with E-state index in [0.29, 0.717) is 25.9 Å². The number of hydrogen-bond acceptors (Lipinski definition) is 5.